The minimum atomic E-state index is -0.403. The molecule has 2 rings (SSSR count). The summed E-state index contributed by atoms with van der Waals surface area (Å²) in [5.41, 5.74) is 7.04. The van der Waals surface area contributed by atoms with Crippen LogP contribution >= 0.6 is 0 Å². The molecule has 4 nitrogen and oxygen atoms in total. The molecule has 1 aromatic heterocycles. The average Bonchev–Trinajstić information content (AvgIpc) is 2.58. The van der Waals surface area contributed by atoms with E-state index in [1.54, 1.807) is 29.9 Å². The van der Waals surface area contributed by atoms with Crippen LogP contribution in [0.5, 0.6) is 5.75 Å². The fourth-order valence-corrected chi connectivity index (χ4v) is 1.59. The van der Waals surface area contributed by atoms with Crippen LogP contribution in [0.15, 0.2) is 24.3 Å². The van der Waals surface area contributed by atoms with E-state index < -0.39 is 5.82 Å². The van der Waals surface area contributed by atoms with Gasteiger partial charge in [0.25, 0.3) is 0 Å². The summed E-state index contributed by atoms with van der Waals surface area (Å²) in [6.07, 6.45) is 0. The highest BCUT2D eigenvalue weighted by Gasteiger charge is 2.09. The summed E-state index contributed by atoms with van der Waals surface area (Å²) >= 11 is 0. The predicted molar refractivity (Wildman–Crippen MR) is 59.6 cm³/mol. The molecule has 0 aliphatic carbocycles. The minimum absolute atomic E-state index is 0.221. The van der Waals surface area contributed by atoms with E-state index in [0.29, 0.717) is 11.4 Å². The molecule has 1 aromatic carbocycles. The zero-order valence-electron chi connectivity index (χ0n) is 9.07. The van der Waals surface area contributed by atoms with Crippen LogP contribution in [-0.2, 0) is 7.05 Å². The zero-order valence-corrected chi connectivity index (χ0v) is 9.07. The van der Waals surface area contributed by atoms with Gasteiger partial charge in [-0.15, -0.1) is 0 Å². The van der Waals surface area contributed by atoms with Crippen LogP contribution in [-0.4, -0.2) is 16.9 Å². The number of anilines is 1. The van der Waals surface area contributed by atoms with Gasteiger partial charge in [0, 0.05) is 18.7 Å². The number of methoxy groups -OCH3 is 1. The van der Waals surface area contributed by atoms with E-state index in [9.17, 15) is 4.39 Å². The highest BCUT2D eigenvalue weighted by molar-refractivity contribution is 5.63. The molecule has 0 aliphatic rings. The highest BCUT2D eigenvalue weighted by Crippen LogP contribution is 2.26. The molecule has 0 amide bonds. The van der Waals surface area contributed by atoms with Gasteiger partial charge in [-0.1, -0.05) is 0 Å². The minimum Gasteiger partial charge on any atom is -0.494 e. The van der Waals surface area contributed by atoms with E-state index in [2.05, 4.69) is 5.10 Å². The standard InChI is InChI=1S/C11H12FN3O/c1-15-9(6-11(13)14-15)7-3-4-10(16-2)8(12)5-7/h3-6H,1-2H3,(H2,13,14). The molecule has 0 bridgehead atoms. The number of aryl methyl sites for hydroxylation is 1. The first-order chi connectivity index (χ1) is 7.61. The second-order valence-corrected chi connectivity index (χ2v) is 3.43. The summed E-state index contributed by atoms with van der Waals surface area (Å²) in [6.45, 7) is 0. The third-order valence-electron chi connectivity index (χ3n) is 2.35. The van der Waals surface area contributed by atoms with Gasteiger partial charge in [-0.3, -0.25) is 4.68 Å². The number of hydrogen-bond acceptors (Lipinski definition) is 3. The van der Waals surface area contributed by atoms with Gasteiger partial charge < -0.3 is 10.5 Å². The second-order valence-electron chi connectivity index (χ2n) is 3.43. The van der Waals surface area contributed by atoms with E-state index in [0.717, 1.165) is 5.69 Å². The Morgan fingerprint density at radius 2 is 2.12 bits per heavy atom. The summed E-state index contributed by atoms with van der Waals surface area (Å²) in [6, 6.07) is 6.43. The fraction of sp³-hybridized carbons (Fsp3) is 0.182. The lowest BCUT2D eigenvalue weighted by molar-refractivity contribution is 0.386. The van der Waals surface area contributed by atoms with E-state index in [1.165, 1.54) is 13.2 Å². The summed E-state index contributed by atoms with van der Waals surface area (Å²) in [7, 11) is 3.19. The SMILES string of the molecule is COc1ccc(-c2cc(N)nn2C)cc1F. The van der Waals surface area contributed by atoms with E-state index in [1.807, 2.05) is 0 Å². The quantitative estimate of drug-likeness (QED) is 0.841. The number of hydrogen-bond donors (Lipinski definition) is 1. The van der Waals surface area contributed by atoms with Gasteiger partial charge in [-0.25, -0.2) is 4.39 Å². The molecule has 0 fully saturated rings. The number of nitrogen functional groups attached to an aromatic ring is 1. The van der Waals surface area contributed by atoms with Crippen molar-refractivity contribution in [3.63, 3.8) is 0 Å². The molecule has 0 aliphatic heterocycles. The Balaban J connectivity index is 2.49. The Kier molecular flexibility index (Phi) is 2.52. The van der Waals surface area contributed by atoms with Crippen molar-refractivity contribution in [3.8, 4) is 17.0 Å². The van der Waals surface area contributed by atoms with Crippen LogP contribution in [0.2, 0.25) is 0 Å². The van der Waals surface area contributed by atoms with Crippen molar-refractivity contribution < 1.29 is 9.13 Å². The number of benzene rings is 1. The predicted octanol–water partition coefficient (Wildman–Crippen LogP) is 1.82. The van der Waals surface area contributed by atoms with Crippen molar-refractivity contribution in [2.24, 2.45) is 7.05 Å². The number of halogens is 1. The summed E-state index contributed by atoms with van der Waals surface area (Å²) in [4.78, 5) is 0. The van der Waals surface area contributed by atoms with E-state index in [4.69, 9.17) is 10.5 Å². The Morgan fingerprint density at radius 1 is 1.38 bits per heavy atom. The van der Waals surface area contributed by atoms with Crippen molar-refractivity contribution in [3.05, 3.63) is 30.1 Å². The lowest BCUT2D eigenvalue weighted by atomic mass is 10.1. The molecule has 0 radical (unpaired) electrons. The van der Waals surface area contributed by atoms with E-state index >= 15 is 0 Å². The van der Waals surface area contributed by atoms with Crippen molar-refractivity contribution in [1.82, 2.24) is 9.78 Å². The van der Waals surface area contributed by atoms with Crippen LogP contribution in [0.1, 0.15) is 0 Å². The molecule has 0 saturated carbocycles. The average molecular weight is 221 g/mol. The van der Waals surface area contributed by atoms with Crippen LogP contribution in [0, 0.1) is 5.82 Å². The van der Waals surface area contributed by atoms with Crippen molar-refractivity contribution in [2.75, 3.05) is 12.8 Å². The molecule has 0 unspecified atom stereocenters. The lowest BCUT2D eigenvalue weighted by Gasteiger charge is -2.05. The highest BCUT2D eigenvalue weighted by atomic mass is 19.1. The van der Waals surface area contributed by atoms with Crippen LogP contribution in [0.25, 0.3) is 11.3 Å². The van der Waals surface area contributed by atoms with E-state index in [-0.39, 0.29) is 5.75 Å². The Bertz CT molecular complexity index is 522. The first kappa shape index (κ1) is 10.5. The normalized spacial score (nSPS) is 10.4. The maximum atomic E-state index is 13.5. The molecule has 1 heterocycles. The Labute approximate surface area is 92.4 Å². The van der Waals surface area contributed by atoms with Crippen molar-refractivity contribution >= 4 is 5.82 Å². The molecule has 2 aromatic rings. The maximum absolute atomic E-state index is 13.5. The van der Waals surface area contributed by atoms with Gasteiger partial charge in [0.2, 0.25) is 0 Å². The van der Waals surface area contributed by atoms with Gasteiger partial charge in [0.05, 0.1) is 12.8 Å². The van der Waals surface area contributed by atoms with Crippen LogP contribution < -0.4 is 10.5 Å². The number of aromatic nitrogens is 2. The van der Waals surface area contributed by atoms with Gasteiger partial charge in [0.15, 0.2) is 11.6 Å². The Morgan fingerprint density at radius 3 is 2.62 bits per heavy atom. The first-order valence-electron chi connectivity index (χ1n) is 4.75. The zero-order chi connectivity index (χ0) is 11.7. The largest absolute Gasteiger partial charge is 0.494 e. The van der Waals surface area contributed by atoms with Gasteiger partial charge in [0.1, 0.15) is 5.82 Å². The number of rotatable bonds is 2. The molecule has 5 heteroatoms. The third-order valence-corrected chi connectivity index (χ3v) is 2.35. The first-order valence-corrected chi connectivity index (χ1v) is 4.75. The smallest absolute Gasteiger partial charge is 0.165 e. The number of ether oxygens (including phenoxy) is 1. The summed E-state index contributed by atoms with van der Waals surface area (Å²) in [5, 5.41) is 4.00. The summed E-state index contributed by atoms with van der Waals surface area (Å²) < 4.78 is 19.9. The van der Waals surface area contributed by atoms with Crippen molar-refractivity contribution in [2.45, 2.75) is 0 Å². The fourth-order valence-electron chi connectivity index (χ4n) is 1.59. The van der Waals surface area contributed by atoms with Crippen LogP contribution in [0.3, 0.4) is 0 Å². The number of nitrogens with zero attached hydrogens (tertiary/aromatic N) is 2. The van der Waals surface area contributed by atoms with Gasteiger partial charge in [-0.05, 0) is 18.2 Å². The molecule has 2 N–H and O–H groups in total. The monoisotopic (exact) mass is 221 g/mol. The van der Waals surface area contributed by atoms with Crippen LogP contribution in [0.4, 0.5) is 10.2 Å². The Hall–Kier alpha value is -2.04. The second kappa shape index (κ2) is 3.84. The third kappa shape index (κ3) is 1.71. The molecular formula is C11H12FN3O. The molecule has 0 spiro atoms. The molecule has 0 saturated heterocycles. The molecule has 16 heavy (non-hydrogen) atoms. The molecular weight excluding hydrogens is 209 g/mol. The number of nitrogens with two attached hydrogens (primary N) is 1. The van der Waals surface area contributed by atoms with Gasteiger partial charge in [-0.2, -0.15) is 5.10 Å². The maximum Gasteiger partial charge on any atom is 0.165 e. The topological polar surface area (TPSA) is 53.1 Å². The van der Waals surface area contributed by atoms with Crippen molar-refractivity contribution in [1.29, 1.82) is 0 Å². The molecule has 0 atom stereocenters. The summed E-state index contributed by atoms with van der Waals surface area (Å²) in [5.74, 6) is 0.229. The molecule has 84 valence electrons. The van der Waals surface area contributed by atoms with Gasteiger partial charge >= 0.3 is 0 Å². The lowest BCUT2D eigenvalue weighted by Crippen LogP contribution is -1.95.